The van der Waals surface area contributed by atoms with Crippen molar-refractivity contribution in [1.82, 2.24) is 0 Å². The quantitative estimate of drug-likeness (QED) is 0.316. The molecule has 0 fully saturated rings. The number of hydrogen-bond acceptors (Lipinski definition) is 0. The summed E-state index contributed by atoms with van der Waals surface area (Å²) in [6.07, 6.45) is 0. The molecule has 2 atom stereocenters. The van der Waals surface area contributed by atoms with Gasteiger partial charge in [-0.05, 0) is 0 Å². The molecule has 4 aromatic carbocycles. The molecule has 34 heavy (non-hydrogen) atoms. The van der Waals surface area contributed by atoms with Crippen LogP contribution in [0.3, 0.4) is 0 Å². The standard InChI is InChI=1S/2C14H11.2CH3.2ClH.H2Si.Zr/c2*1-10-5-4-8-13-12-7-3-2-6-11(12)9-14(10)13;;;;;;/h2*2-9H,1H3;2*1H3;2*1H;1H2;/q;;;;;;;+2/p-2. The van der Waals surface area contributed by atoms with E-state index in [0.717, 1.165) is 0 Å². The predicted octanol–water partition coefficient (Wildman–Crippen LogP) is 1.49. The summed E-state index contributed by atoms with van der Waals surface area (Å²) in [5.41, 5.74) is 15.1. The van der Waals surface area contributed by atoms with E-state index in [1.807, 2.05) is 0 Å². The first-order valence-corrected chi connectivity index (χ1v) is 25.4. The van der Waals surface area contributed by atoms with Gasteiger partial charge in [0.25, 0.3) is 0 Å². The topological polar surface area (TPSA) is 0 Å². The summed E-state index contributed by atoms with van der Waals surface area (Å²) in [5, 5.41) is 0. The van der Waals surface area contributed by atoms with Crippen LogP contribution in [0.5, 0.6) is 0 Å². The van der Waals surface area contributed by atoms with Crippen LogP contribution in [0, 0.1) is 13.8 Å². The summed E-state index contributed by atoms with van der Waals surface area (Å²) in [7, 11) is 0. The van der Waals surface area contributed by atoms with Crippen molar-refractivity contribution in [2.24, 2.45) is 0 Å². The van der Waals surface area contributed by atoms with Gasteiger partial charge in [-0.3, -0.25) is 0 Å². The number of benzene rings is 4. The Morgan fingerprint density at radius 1 is 0.529 bits per heavy atom. The predicted molar refractivity (Wildman–Crippen MR) is 137 cm³/mol. The molecule has 0 spiro atoms. The van der Waals surface area contributed by atoms with Gasteiger partial charge in [-0.2, -0.15) is 0 Å². The van der Waals surface area contributed by atoms with Gasteiger partial charge < -0.3 is 24.8 Å². The molecule has 0 nitrogen and oxygen atoms in total. The summed E-state index contributed by atoms with van der Waals surface area (Å²) in [6.45, 7) is 7.09. The maximum atomic E-state index is 2.74. The molecule has 0 amide bonds. The van der Waals surface area contributed by atoms with Crippen molar-refractivity contribution in [1.29, 1.82) is 0 Å². The van der Waals surface area contributed by atoms with Crippen LogP contribution in [-0.2, 0) is 17.4 Å². The minimum absolute atomic E-state index is 0. The summed E-state index contributed by atoms with van der Waals surface area (Å²) in [4.78, 5) is 0. The van der Waals surface area contributed by atoms with E-state index in [-0.39, 0.29) is 24.8 Å². The second kappa shape index (κ2) is 8.59. The van der Waals surface area contributed by atoms with Gasteiger partial charge in [0.2, 0.25) is 0 Å². The van der Waals surface area contributed by atoms with Gasteiger partial charge in [0.05, 0.1) is 0 Å². The largest absolute Gasteiger partial charge is 1.00 e. The van der Waals surface area contributed by atoms with Crippen molar-refractivity contribution in [3.05, 3.63) is 118 Å². The molecule has 0 saturated carbocycles. The van der Waals surface area contributed by atoms with Gasteiger partial charge in [-0.15, -0.1) is 0 Å². The van der Waals surface area contributed by atoms with E-state index >= 15 is 0 Å². The average molecular weight is 581 g/mol. The Bertz CT molecular complexity index is 1390. The van der Waals surface area contributed by atoms with Crippen molar-refractivity contribution in [3.63, 3.8) is 0 Å². The van der Waals surface area contributed by atoms with Gasteiger partial charge in [0, 0.05) is 0 Å². The van der Waals surface area contributed by atoms with E-state index in [0.29, 0.717) is 7.25 Å². The zero-order valence-electron chi connectivity index (χ0n) is 20.2. The van der Waals surface area contributed by atoms with E-state index in [9.17, 15) is 0 Å². The first-order valence-electron chi connectivity index (χ1n) is 11.7. The van der Waals surface area contributed by atoms with E-state index < -0.39 is 17.4 Å². The maximum Gasteiger partial charge on any atom is -1.00 e. The molecule has 2 unspecified atom stereocenters. The Hall–Kier alpha value is -1.44. The van der Waals surface area contributed by atoms with Gasteiger partial charge in [0.1, 0.15) is 0 Å². The molecule has 0 radical (unpaired) electrons. The van der Waals surface area contributed by atoms with E-state index in [1.54, 1.807) is 22.3 Å². The molecule has 0 aliphatic heterocycles. The van der Waals surface area contributed by atoms with Crippen molar-refractivity contribution in [2.75, 3.05) is 0 Å². The molecular formula is C30H30Cl2SiZr. The molecule has 0 aromatic heterocycles. The SMILES string of the molecule is Cc1cccc2c1[CH]([Zr+2]([CH3])([CH3])(=[SiH2])[CH]1c3ccccc3-c3cccc(C)c31)c1ccccc1-2.[Cl-].[Cl-]. The van der Waals surface area contributed by atoms with Crippen molar-refractivity contribution in [2.45, 2.75) is 30.4 Å². The molecule has 0 saturated heterocycles. The fraction of sp³-hybridized carbons (Fsp3) is 0.200. The number of fused-ring (bicyclic) bond motifs is 6. The first kappa shape index (κ1) is 25.6. The summed E-state index contributed by atoms with van der Waals surface area (Å²) >= 11 is -3.56. The third-order valence-corrected chi connectivity index (χ3v) is 25.3. The normalized spacial score (nSPS) is 16.8. The fourth-order valence-electron chi connectivity index (χ4n) is 7.03. The Morgan fingerprint density at radius 2 is 0.882 bits per heavy atom. The molecule has 172 valence electrons. The zero-order valence-corrected chi connectivity index (χ0v) is 25.6. The molecule has 4 heteroatoms. The van der Waals surface area contributed by atoms with Crippen LogP contribution in [0.25, 0.3) is 22.3 Å². The van der Waals surface area contributed by atoms with E-state index in [4.69, 9.17) is 0 Å². The van der Waals surface area contributed by atoms with Crippen molar-refractivity contribution >= 4 is 6.88 Å². The molecule has 4 aromatic rings. The van der Waals surface area contributed by atoms with Crippen LogP contribution in [0.2, 0.25) is 9.26 Å². The van der Waals surface area contributed by atoms with Crippen molar-refractivity contribution in [3.8, 4) is 22.3 Å². The van der Waals surface area contributed by atoms with Gasteiger partial charge >= 0.3 is 195 Å². The third kappa shape index (κ3) is 3.40. The van der Waals surface area contributed by atoms with Gasteiger partial charge in [-0.25, -0.2) is 0 Å². The molecule has 0 N–H and O–H groups in total. The Morgan fingerprint density at radius 3 is 1.29 bits per heavy atom. The second-order valence-corrected chi connectivity index (χ2v) is 41.5. The molecule has 2 aliphatic carbocycles. The zero-order chi connectivity index (χ0) is 22.3. The minimum atomic E-state index is -3.56. The minimum Gasteiger partial charge on any atom is -1.00 e. The van der Waals surface area contributed by atoms with Crippen LogP contribution in [0.4, 0.5) is 0 Å². The summed E-state index contributed by atoms with van der Waals surface area (Å²) < 4.78 is 6.55. The number of hydrogen-bond donors (Lipinski definition) is 0. The summed E-state index contributed by atoms with van der Waals surface area (Å²) in [5.74, 6) is 0. The van der Waals surface area contributed by atoms with Gasteiger partial charge in [0.15, 0.2) is 0 Å². The first-order chi connectivity index (χ1) is 15.3. The van der Waals surface area contributed by atoms with Crippen LogP contribution in [-0.4, -0.2) is 6.88 Å². The molecule has 0 heterocycles. The van der Waals surface area contributed by atoms with Gasteiger partial charge in [-0.1, -0.05) is 0 Å². The average Bonchev–Trinajstić information content (AvgIpc) is 3.30. The van der Waals surface area contributed by atoms with Crippen LogP contribution in [0.1, 0.15) is 40.6 Å². The molecular weight excluding hydrogens is 551 g/mol. The van der Waals surface area contributed by atoms with Crippen LogP contribution < -0.4 is 24.8 Å². The Balaban J connectivity index is 0.00000137. The Labute approximate surface area is 218 Å². The molecule has 2 aliphatic rings. The summed E-state index contributed by atoms with van der Waals surface area (Å²) in [6, 6.07) is 32.3. The molecule has 6 rings (SSSR count). The fourth-order valence-corrected chi connectivity index (χ4v) is 25.7. The second-order valence-electron chi connectivity index (χ2n) is 11.0. The van der Waals surface area contributed by atoms with Crippen LogP contribution in [0.15, 0.2) is 84.9 Å². The van der Waals surface area contributed by atoms with Crippen molar-refractivity contribution < 1.29 is 42.2 Å². The number of aryl methyl sites for hydroxylation is 2. The molecule has 0 bridgehead atoms. The van der Waals surface area contributed by atoms with Crippen LogP contribution >= 0.6 is 0 Å². The smallest absolute Gasteiger partial charge is 1.00 e. The number of halogens is 2. The third-order valence-electron chi connectivity index (χ3n) is 8.25. The maximum absolute atomic E-state index is 3.56. The Kier molecular flexibility index (Phi) is 6.48. The van der Waals surface area contributed by atoms with E-state index in [1.165, 1.54) is 33.4 Å². The number of rotatable bonds is 2. The monoisotopic (exact) mass is 578 g/mol. The van der Waals surface area contributed by atoms with E-state index in [2.05, 4.69) is 115 Å².